The SMILES string of the molecule is CC(O)CCCCCCCc1cccnc1.Cl. The Morgan fingerprint density at radius 2 is 1.88 bits per heavy atom. The molecule has 0 fully saturated rings. The third kappa shape index (κ3) is 9.13. The van der Waals surface area contributed by atoms with Gasteiger partial charge >= 0.3 is 0 Å². The maximum Gasteiger partial charge on any atom is 0.0512 e. The topological polar surface area (TPSA) is 33.1 Å². The van der Waals surface area contributed by atoms with Crippen LogP contribution in [0, 0.1) is 0 Å². The summed E-state index contributed by atoms with van der Waals surface area (Å²) >= 11 is 0. The van der Waals surface area contributed by atoms with Crippen LogP contribution in [0.5, 0.6) is 0 Å². The Kier molecular flexibility index (Phi) is 10.2. The summed E-state index contributed by atoms with van der Waals surface area (Å²) in [4.78, 5) is 4.10. The minimum Gasteiger partial charge on any atom is -0.393 e. The van der Waals surface area contributed by atoms with Crippen molar-refractivity contribution >= 4 is 12.4 Å². The first-order valence-corrected chi connectivity index (χ1v) is 6.36. The quantitative estimate of drug-likeness (QED) is 0.720. The van der Waals surface area contributed by atoms with E-state index in [0.717, 1.165) is 19.3 Å². The molecule has 0 bridgehead atoms. The molecule has 1 unspecified atom stereocenters. The van der Waals surface area contributed by atoms with Crippen molar-refractivity contribution in [2.24, 2.45) is 0 Å². The molecule has 1 rings (SSSR count). The van der Waals surface area contributed by atoms with Crippen LogP contribution in [0.1, 0.15) is 51.0 Å². The number of aliphatic hydroxyl groups is 1. The lowest BCUT2D eigenvalue weighted by atomic mass is 10.1. The van der Waals surface area contributed by atoms with E-state index in [1.807, 2.05) is 25.4 Å². The number of hydrogen-bond acceptors (Lipinski definition) is 2. The smallest absolute Gasteiger partial charge is 0.0512 e. The zero-order valence-electron chi connectivity index (χ0n) is 10.6. The van der Waals surface area contributed by atoms with Crippen LogP contribution < -0.4 is 0 Å². The molecule has 17 heavy (non-hydrogen) atoms. The molecule has 1 N–H and O–H groups in total. The van der Waals surface area contributed by atoms with Gasteiger partial charge in [0.25, 0.3) is 0 Å². The predicted octanol–water partition coefficient (Wildman–Crippen LogP) is 3.77. The van der Waals surface area contributed by atoms with Gasteiger partial charge in [-0.25, -0.2) is 0 Å². The molecule has 1 aromatic heterocycles. The normalized spacial score (nSPS) is 11.9. The van der Waals surface area contributed by atoms with Crippen molar-refractivity contribution in [1.29, 1.82) is 0 Å². The zero-order valence-corrected chi connectivity index (χ0v) is 11.5. The summed E-state index contributed by atoms with van der Waals surface area (Å²) in [5, 5.41) is 9.10. The number of pyridine rings is 1. The van der Waals surface area contributed by atoms with E-state index in [9.17, 15) is 0 Å². The van der Waals surface area contributed by atoms with E-state index in [4.69, 9.17) is 5.11 Å². The molecule has 0 radical (unpaired) electrons. The highest BCUT2D eigenvalue weighted by Crippen LogP contribution is 2.09. The van der Waals surface area contributed by atoms with Crippen molar-refractivity contribution in [2.45, 2.75) is 58.0 Å². The molecule has 0 aromatic carbocycles. The summed E-state index contributed by atoms with van der Waals surface area (Å²) in [7, 11) is 0. The number of aryl methyl sites for hydroxylation is 1. The van der Waals surface area contributed by atoms with Crippen LogP contribution >= 0.6 is 12.4 Å². The number of unbranched alkanes of at least 4 members (excludes halogenated alkanes) is 4. The lowest BCUT2D eigenvalue weighted by Crippen LogP contribution is -1.98. The maximum atomic E-state index is 9.10. The van der Waals surface area contributed by atoms with Gasteiger partial charge in [-0.3, -0.25) is 4.98 Å². The Balaban J connectivity index is 0.00000256. The minimum absolute atomic E-state index is 0. The van der Waals surface area contributed by atoms with Crippen molar-refractivity contribution in [1.82, 2.24) is 4.98 Å². The lowest BCUT2D eigenvalue weighted by molar-refractivity contribution is 0.180. The van der Waals surface area contributed by atoms with Gasteiger partial charge in [-0.05, 0) is 37.8 Å². The van der Waals surface area contributed by atoms with Crippen LogP contribution in [0.4, 0.5) is 0 Å². The highest BCUT2D eigenvalue weighted by Gasteiger charge is 1.96. The van der Waals surface area contributed by atoms with Gasteiger partial charge < -0.3 is 5.11 Å². The second-order valence-electron chi connectivity index (χ2n) is 4.52. The average molecular weight is 258 g/mol. The summed E-state index contributed by atoms with van der Waals surface area (Å²) < 4.78 is 0. The Labute approximate surface area is 111 Å². The molecule has 0 spiro atoms. The number of hydrogen-bond donors (Lipinski definition) is 1. The molecule has 1 atom stereocenters. The first-order chi connectivity index (χ1) is 7.79. The van der Waals surface area contributed by atoms with Crippen molar-refractivity contribution in [3.8, 4) is 0 Å². The Morgan fingerprint density at radius 1 is 1.18 bits per heavy atom. The molecular weight excluding hydrogens is 234 g/mol. The van der Waals surface area contributed by atoms with Crippen LogP contribution in [0.3, 0.4) is 0 Å². The molecule has 0 aliphatic heterocycles. The van der Waals surface area contributed by atoms with Gasteiger partial charge in [0.2, 0.25) is 0 Å². The van der Waals surface area contributed by atoms with Gasteiger partial charge in [-0.15, -0.1) is 12.4 Å². The number of rotatable bonds is 8. The monoisotopic (exact) mass is 257 g/mol. The van der Waals surface area contributed by atoms with Gasteiger partial charge in [0.1, 0.15) is 0 Å². The highest BCUT2D eigenvalue weighted by atomic mass is 35.5. The largest absolute Gasteiger partial charge is 0.393 e. The second-order valence-corrected chi connectivity index (χ2v) is 4.52. The lowest BCUT2D eigenvalue weighted by Gasteiger charge is -2.04. The molecule has 1 aromatic rings. The van der Waals surface area contributed by atoms with Crippen molar-refractivity contribution in [3.63, 3.8) is 0 Å². The van der Waals surface area contributed by atoms with Gasteiger partial charge in [-0.1, -0.05) is 31.7 Å². The van der Waals surface area contributed by atoms with Gasteiger partial charge in [0, 0.05) is 12.4 Å². The van der Waals surface area contributed by atoms with Gasteiger partial charge in [-0.2, -0.15) is 0 Å². The van der Waals surface area contributed by atoms with E-state index in [1.165, 1.54) is 31.2 Å². The van der Waals surface area contributed by atoms with Crippen LogP contribution in [0.15, 0.2) is 24.5 Å². The first kappa shape index (κ1) is 16.4. The van der Waals surface area contributed by atoms with Crippen LogP contribution in [0.2, 0.25) is 0 Å². The minimum atomic E-state index is -0.129. The van der Waals surface area contributed by atoms with E-state index in [2.05, 4.69) is 11.1 Å². The average Bonchev–Trinajstić information content (AvgIpc) is 2.29. The third-order valence-corrected chi connectivity index (χ3v) is 2.81. The maximum absolute atomic E-state index is 9.10. The standard InChI is InChI=1S/C14H23NO.ClH/c1-13(16)8-5-3-2-4-6-9-14-10-7-11-15-12-14;/h7,10-13,16H,2-6,8-9H2,1H3;1H. The second kappa shape index (κ2) is 10.5. The van der Waals surface area contributed by atoms with Gasteiger partial charge in [0.15, 0.2) is 0 Å². The summed E-state index contributed by atoms with van der Waals surface area (Å²) in [6.45, 7) is 1.86. The molecule has 0 saturated carbocycles. The fourth-order valence-electron chi connectivity index (χ4n) is 1.85. The van der Waals surface area contributed by atoms with Crippen LogP contribution in [-0.2, 0) is 6.42 Å². The molecular formula is C14H24ClNO. The summed E-state index contributed by atoms with van der Waals surface area (Å²) in [5.41, 5.74) is 1.34. The fourth-order valence-corrected chi connectivity index (χ4v) is 1.85. The zero-order chi connectivity index (χ0) is 11.6. The molecule has 0 amide bonds. The molecule has 3 heteroatoms. The van der Waals surface area contributed by atoms with Crippen molar-refractivity contribution in [3.05, 3.63) is 30.1 Å². The van der Waals surface area contributed by atoms with Crippen LogP contribution in [-0.4, -0.2) is 16.2 Å². The number of aliphatic hydroxyl groups excluding tert-OH is 1. The van der Waals surface area contributed by atoms with Crippen molar-refractivity contribution < 1.29 is 5.11 Å². The van der Waals surface area contributed by atoms with Gasteiger partial charge in [0.05, 0.1) is 6.10 Å². The Hall–Kier alpha value is -0.600. The summed E-state index contributed by atoms with van der Waals surface area (Å²) in [6.07, 6.45) is 12.0. The summed E-state index contributed by atoms with van der Waals surface area (Å²) in [6, 6.07) is 4.14. The first-order valence-electron chi connectivity index (χ1n) is 6.36. The molecule has 0 saturated heterocycles. The number of halogens is 1. The third-order valence-electron chi connectivity index (χ3n) is 2.81. The Bertz CT molecular complexity index is 264. The molecule has 1 heterocycles. The fraction of sp³-hybridized carbons (Fsp3) is 0.643. The van der Waals surface area contributed by atoms with E-state index in [-0.39, 0.29) is 18.5 Å². The van der Waals surface area contributed by atoms with Crippen molar-refractivity contribution in [2.75, 3.05) is 0 Å². The molecule has 0 aliphatic carbocycles. The van der Waals surface area contributed by atoms with E-state index in [1.54, 1.807) is 0 Å². The summed E-state index contributed by atoms with van der Waals surface area (Å²) in [5.74, 6) is 0. The van der Waals surface area contributed by atoms with E-state index < -0.39 is 0 Å². The van der Waals surface area contributed by atoms with Crippen LogP contribution in [0.25, 0.3) is 0 Å². The molecule has 98 valence electrons. The predicted molar refractivity (Wildman–Crippen MR) is 74.6 cm³/mol. The highest BCUT2D eigenvalue weighted by molar-refractivity contribution is 5.85. The van der Waals surface area contributed by atoms with E-state index >= 15 is 0 Å². The van der Waals surface area contributed by atoms with E-state index in [0.29, 0.717) is 0 Å². The molecule has 2 nitrogen and oxygen atoms in total. The number of aromatic nitrogens is 1. The molecule has 0 aliphatic rings. The number of nitrogens with zero attached hydrogens (tertiary/aromatic N) is 1. The Morgan fingerprint density at radius 3 is 2.53 bits per heavy atom.